The van der Waals surface area contributed by atoms with E-state index in [1.54, 1.807) is 0 Å². The number of hydrogen-bond acceptors (Lipinski definition) is 5. The molecule has 3 rings (SSSR count). The number of anilines is 1. The van der Waals surface area contributed by atoms with E-state index in [1.165, 1.54) is 0 Å². The van der Waals surface area contributed by atoms with Crippen LogP contribution in [-0.4, -0.2) is 62.3 Å². The Morgan fingerprint density at radius 2 is 1.84 bits per heavy atom. The van der Waals surface area contributed by atoms with Crippen LogP contribution in [0.25, 0.3) is 0 Å². The second kappa shape index (κ2) is 8.91. The summed E-state index contributed by atoms with van der Waals surface area (Å²) in [4.78, 5) is 11.5. The van der Waals surface area contributed by atoms with Crippen LogP contribution in [0.1, 0.15) is 10.4 Å². The molecule has 1 aliphatic rings. The highest BCUT2D eigenvalue weighted by Crippen LogP contribution is 2.25. The molecule has 0 spiro atoms. The fraction of sp³-hybridized carbons (Fsp3) is 0.316. The summed E-state index contributed by atoms with van der Waals surface area (Å²) in [5, 5.41) is 12.4. The topological polar surface area (TPSA) is 95.9 Å². The van der Waals surface area contributed by atoms with Gasteiger partial charge in [-0.05, 0) is 30.3 Å². The van der Waals surface area contributed by atoms with E-state index in [9.17, 15) is 35.9 Å². The molecular formula is C19H18F4N2O5S. The van der Waals surface area contributed by atoms with Gasteiger partial charge in [0.2, 0.25) is 10.0 Å². The van der Waals surface area contributed by atoms with Gasteiger partial charge in [-0.25, -0.2) is 26.0 Å². The number of sulfonamides is 1. The number of aliphatic hydroxyl groups is 1. The summed E-state index contributed by atoms with van der Waals surface area (Å²) >= 11 is 0. The minimum Gasteiger partial charge on any atom is -0.383 e. The van der Waals surface area contributed by atoms with Crippen molar-refractivity contribution in [1.82, 2.24) is 4.31 Å². The Morgan fingerprint density at radius 1 is 1.13 bits per heavy atom. The van der Waals surface area contributed by atoms with Gasteiger partial charge in [-0.15, -0.1) is 0 Å². The second-order valence-corrected chi connectivity index (χ2v) is 8.88. The summed E-state index contributed by atoms with van der Waals surface area (Å²) in [5.41, 5.74) is -2.48. The van der Waals surface area contributed by atoms with Gasteiger partial charge in [-0.1, -0.05) is 0 Å². The molecule has 1 amide bonds. The maximum Gasteiger partial charge on any atom is 0.255 e. The lowest BCUT2D eigenvalue weighted by atomic mass is 10.1. The molecule has 1 saturated heterocycles. The van der Waals surface area contributed by atoms with Crippen molar-refractivity contribution >= 4 is 21.6 Å². The van der Waals surface area contributed by atoms with Crippen molar-refractivity contribution in [2.45, 2.75) is 10.5 Å². The minimum absolute atomic E-state index is 0.102. The monoisotopic (exact) mass is 462 g/mol. The summed E-state index contributed by atoms with van der Waals surface area (Å²) in [7, 11) is -4.58. The molecule has 2 aromatic carbocycles. The number of halogens is 4. The Hall–Kier alpha value is -2.54. The van der Waals surface area contributed by atoms with Gasteiger partial charge in [0.25, 0.3) is 5.91 Å². The van der Waals surface area contributed by atoms with Crippen molar-refractivity contribution in [3.05, 3.63) is 59.4 Å². The standard InChI is InChI=1S/C19H18F4N2O5S/c20-9-19(27)10-25(5-6-30-11-19)31(28,29)17-7-12(1-3-15(17)22)18(26)24-13-2-4-14(21)16(23)8-13/h1-4,7-8,27H,5-6,9-11H2,(H,24,26). The van der Waals surface area contributed by atoms with Crippen molar-refractivity contribution in [2.24, 2.45) is 0 Å². The van der Waals surface area contributed by atoms with Crippen LogP contribution in [0.5, 0.6) is 0 Å². The highest BCUT2D eigenvalue weighted by molar-refractivity contribution is 7.89. The lowest BCUT2D eigenvalue weighted by Gasteiger charge is -2.27. The molecule has 168 valence electrons. The number of carbonyl (C=O) groups is 1. The number of rotatable bonds is 5. The zero-order valence-corrected chi connectivity index (χ0v) is 16.8. The number of amides is 1. The Labute approximate surface area is 175 Å². The summed E-state index contributed by atoms with van der Waals surface area (Å²) in [6, 6.07) is 5.13. The molecule has 1 aliphatic heterocycles. The average Bonchev–Trinajstić information content (AvgIpc) is 2.93. The lowest BCUT2D eigenvalue weighted by Crippen LogP contribution is -2.48. The van der Waals surface area contributed by atoms with Crippen molar-refractivity contribution in [2.75, 3.05) is 38.3 Å². The molecule has 0 radical (unpaired) electrons. The van der Waals surface area contributed by atoms with E-state index >= 15 is 0 Å². The van der Waals surface area contributed by atoms with Gasteiger partial charge in [0.05, 0.1) is 13.2 Å². The van der Waals surface area contributed by atoms with Crippen molar-refractivity contribution in [3.63, 3.8) is 0 Å². The van der Waals surface area contributed by atoms with Crippen LogP contribution in [0.3, 0.4) is 0 Å². The Balaban J connectivity index is 1.90. The van der Waals surface area contributed by atoms with E-state index < -0.39 is 63.7 Å². The van der Waals surface area contributed by atoms with E-state index in [-0.39, 0.29) is 24.4 Å². The van der Waals surface area contributed by atoms with Gasteiger partial charge in [0.15, 0.2) is 11.6 Å². The van der Waals surface area contributed by atoms with Crippen LogP contribution in [0.15, 0.2) is 41.3 Å². The third-order valence-electron chi connectivity index (χ3n) is 4.56. The van der Waals surface area contributed by atoms with Crippen LogP contribution in [0.2, 0.25) is 0 Å². The number of hydrogen-bond donors (Lipinski definition) is 2. The number of nitrogens with zero attached hydrogens (tertiary/aromatic N) is 1. The first-order chi connectivity index (χ1) is 14.6. The summed E-state index contributed by atoms with van der Waals surface area (Å²) in [6.45, 7) is -2.81. The predicted molar refractivity (Wildman–Crippen MR) is 101 cm³/mol. The van der Waals surface area contributed by atoms with Gasteiger partial charge in [-0.2, -0.15) is 4.31 Å². The molecule has 0 bridgehead atoms. The Morgan fingerprint density at radius 3 is 2.52 bits per heavy atom. The quantitative estimate of drug-likeness (QED) is 0.664. The largest absolute Gasteiger partial charge is 0.383 e. The third kappa shape index (κ3) is 5.03. The molecule has 1 unspecified atom stereocenters. The number of benzene rings is 2. The molecular weight excluding hydrogens is 444 g/mol. The first-order valence-electron chi connectivity index (χ1n) is 8.98. The van der Waals surface area contributed by atoms with Gasteiger partial charge >= 0.3 is 0 Å². The Kier molecular flexibility index (Phi) is 6.65. The molecule has 2 N–H and O–H groups in total. The SMILES string of the molecule is O=C(Nc1ccc(F)c(F)c1)c1ccc(F)c(S(=O)(=O)N2CCOCC(O)(CF)C2)c1. The van der Waals surface area contributed by atoms with Crippen LogP contribution in [-0.2, 0) is 14.8 Å². The van der Waals surface area contributed by atoms with Crippen LogP contribution in [0, 0.1) is 17.5 Å². The zero-order chi connectivity index (χ0) is 22.8. The number of alkyl halides is 1. The smallest absolute Gasteiger partial charge is 0.255 e. The number of ether oxygens (including phenoxy) is 1. The van der Waals surface area contributed by atoms with E-state index in [2.05, 4.69) is 5.32 Å². The maximum atomic E-state index is 14.4. The molecule has 0 aromatic heterocycles. The fourth-order valence-corrected chi connectivity index (χ4v) is 4.52. The predicted octanol–water partition coefficient (Wildman–Crippen LogP) is 2.08. The van der Waals surface area contributed by atoms with E-state index in [0.29, 0.717) is 4.31 Å². The van der Waals surface area contributed by atoms with Crippen molar-refractivity contribution < 1.29 is 40.6 Å². The van der Waals surface area contributed by atoms with Gasteiger partial charge in [0, 0.05) is 30.4 Å². The second-order valence-electron chi connectivity index (χ2n) is 6.98. The minimum atomic E-state index is -4.58. The first-order valence-corrected chi connectivity index (χ1v) is 10.4. The first kappa shape index (κ1) is 23.1. The van der Waals surface area contributed by atoms with Crippen molar-refractivity contribution in [3.8, 4) is 0 Å². The summed E-state index contributed by atoms with van der Waals surface area (Å²) < 4.78 is 85.5. The normalized spacial score (nSPS) is 20.3. The average molecular weight is 462 g/mol. The van der Waals surface area contributed by atoms with E-state index in [1.807, 2.05) is 0 Å². The molecule has 12 heteroatoms. The Bertz CT molecular complexity index is 1100. The highest BCUT2D eigenvalue weighted by atomic mass is 32.2. The maximum absolute atomic E-state index is 14.4. The zero-order valence-electron chi connectivity index (χ0n) is 15.9. The fourth-order valence-electron chi connectivity index (χ4n) is 2.93. The molecule has 7 nitrogen and oxygen atoms in total. The van der Waals surface area contributed by atoms with E-state index in [4.69, 9.17) is 4.74 Å². The number of nitrogens with one attached hydrogen (secondary N) is 1. The van der Waals surface area contributed by atoms with Crippen LogP contribution in [0.4, 0.5) is 23.2 Å². The van der Waals surface area contributed by atoms with Gasteiger partial charge < -0.3 is 15.2 Å². The summed E-state index contributed by atoms with van der Waals surface area (Å²) in [6.07, 6.45) is 0. The molecule has 1 fully saturated rings. The molecule has 0 saturated carbocycles. The van der Waals surface area contributed by atoms with E-state index in [0.717, 1.165) is 36.4 Å². The van der Waals surface area contributed by atoms with Crippen molar-refractivity contribution in [1.29, 1.82) is 0 Å². The van der Waals surface area contributed by atoms with Crippen LogP contribution < -0.4 is 5.32 Å². The molecule has 1 atom stereocenters. The number of carbonyl (C=O) groups excluding carboxylic acids is 1. The highest BCUT2D eigenvalue weighted by Gasteiger charge is 2.39. The molecule has 1 heterocycles. The third-order valence-corrected chi connectivity index (χ3v) is 6.42. The molecule has 2 aromatic rings. The molecule has 31 heavy (non-hydrogen) atoms. The molecule has 0 aliphatic carbocycles. The van der Waals surface area contributed by atoms with Gasteiger partial charge in [0.1, 0.15) is 23.0 Å². The summed E-state index contributed by atoms with van der Waals surface area (Å²) in [5.74, 6) is -4.40. The lowest BCUT2D eigenvalue weighted by molar-refractivity contribution is -0.0467. The van der Waals surface area contributed by atoms with Gasteiger partial charge in [-0.3, -0.25) is 4.79 Å². The van der Waals surface area contributed by atoms with Crippen LogP contribution >= 0.6 is 0 Å². The number of β-amino-alcohol motifs (C(OH)–C–C–N with tert-alkyl or cyclic N) is 1.